The standard InChI is InChI=1S/C16H26N2O/c1-2-17-13-15-9-11-18(14-15)10-6-12-19-16-7-4-3-5-8-16/h3-5,7-8,15,17H,2,6,9-14H2,1H3. The van der Waals surface area contributed by atoms with Crippen LogP contribution in [0, 0.1) is 5.92 Å². The fourth-order valence-electron chi connectivity index (χ4n) is 2.63. The van der Waals surface area contributed by atoms with Crippen molar-refractivity contribution in [1.29, 1.82) is 0 Å². The van der Waals surface area contributed by atoms with Crippen molar-refractivity contribution >= 4 is 0 Å². The Bertz CT molecular complexity index is 342. The minimum Gasteiger partial charge on any atom is -0.494 e. The van der Waals surface area contributed by atoms with Gasteiger partial charge in [-0.3, -0.25) is 0 Å². The van der Waals surface area contributed by atoms with E-state index in [1.165, 1.54) is 26.1 Å². The first kappa shape index (κ1) is 14.4. The summed E-state index contributed by atoms with van der Waals surface area (Å²) in [6.07, 6.45) is 2.45. The lowest BCUT2D eigenvalue weighted by Gasteiger charge is -2.16. The first-order chi connectivity index (χ1) is 9.38. The molecule has 0 spiro atoms. The maximum atomic E-state index is 5.72. The predicted octanol–water partition coefficient (Wildman–Crippen LogP) is 2.39. The molecule has 0 aromatic heterocycles. The number of nitrogens with zero attached hydrogens (tertiary/aromatic N) is 1. The molecule has 1 aromatic rings. The van der Waals surface area contributed by atoms with E-state index >= 15 is 0 Å². The molecule has 2 rings (SSSR count). The second-order valence-electron chi connectivity index (χ2n) is 5.28. The Labute approximate surface area is 116 Å². The van der Waals surface area contributed by atoms with Crippen molar-refractivity contribution < 1.29 is 4.74 Å². The van der Waals surface area contributed by atoms with Crippen LogP contribution in [0.25, 0.3) is 0 Å². The summed E-state index contributed by atoms with van der Waals surface area (Å²) in [5, 5.41) is 3.45. The van der Waals surface area contributed by atoms with Gasteiger partial charge in [-0.05, 0) is 50.5 Å². The van der Waals surface area contributed by atoms with Gasteiger partial charge in [0.1, 0.15) is 5.75 Å². The molecule has 1 unspecified atom stereocenters. The smallest absolute Gasteiger partial charge is 0.119 e. The number of hydrogen-bond acceptors (Lipinski definition) is 3. The zero-order valence-electron chi connectivity index (χ0n) is 12.0. The van der Waals surface area contributed by atoms with E-state index < -0.39 is 0 Å². The van der Waals surface area contributed by atoms with E-state index in [0.717, 1.165) is 37.8 Å². The van der Waals surface area contributed by atoms with Crippen LogP contribution >= 0.6 is 0 Å². The van der Waals surface area contributed by atoms with E-state index in [1.807, 2.05) is 30.3 Å². The molecule has 19 heavy (non-hydrogen) atoms. The van der Waals surface area contributed by atoms with Gasteiger partial charge in [0.25, 0.3) is 0 Å². The SMILES string of the molecule is CCNCC1CCN(CCCOc2ccccc2)C1. The third-order valence-corrected chi connectivity index (χ3v) is 3.68. The van der Waals surface area contributed by atoms with Gasteiger partial charge in [0, 0.05) is 13.1 Å². The quantitative estimate of drug-likeness (QED) is 0.728. The molecule has 1 fully saturated rings. The van der Waals surface area contributed by atoms with Crippen LogP contribution in [0.3, 0.4) is 0 Å². The molecule has 3 heteroatoms. The molecule has 1 atom stereocenters. The van der Waals surface area contributed by atoms with Crippen molar-refractivity contribution in [2.45, 2.75) is 19.8 Å². The van der Waals surface area contributed by atoms with Crippen molar-refractivity contribution in [1.82, 2.24) is 10.2 Å². The molecule has 0 amide bonds. The van der Waals surface area contributed by atoms with E-state index in [0.29, 0.717) is 0 Å². The van der Waals surface area contributed by atoms with E-state index in [4.69, 9.17) is 4.74 Å². The van der Waals surface area contributed by atoms with Gasteiger partial charge in [0.2, 0.25) is 0 Å². The van der Waals surface area contributed by atoms with Crippen LogP contribution in [0.2, 0.25) is 0 Å². The number of benzene rings is 1. The molecule has 1 aromatic carbocycles. The molecule has 3 nitrogen and oxygen atoms in total. The first-order valence-corrected chi connectivity index (χ1v) is 7.49. The predicted molar refractivity (Wildman–Crippen MR) is 79.6 cm³/mol. The first-order valence-electron chi connectivity index (χ1n) is 7.49. The van der Waals surface area contributed by atoms with Crippen LogP contribution in [0.15, 0.2) is 30.3 Å². The zero-order chi connectivity index (χ0) is 13.3. The summed E-state index contributed by atoms with van der Waals surface area (Å²) in [5.74, 6) is 1.82. The average Bonchev–Trinajstić information content (AvgIpc) is 2.90. The second kappa shape index (κ2) is 8.18. The Morgan fingerprint density at radius 1 is 1.32 bits per heavy atom. The maximum absolute atomic E-state index is 5.72. The third kappa shape index (κ3) is 5.21. The monoisotopic (exact) mass is 262 g/mol. The second-order valence-corrected chi connectivity index (χ2v) is 5.28. The lowest BCUT2D eigenvalue weighted by Crippen LogP contribution is -2.27. The molecular weight excluding hydrogens is 236 g/mol. The number of likely N-dealkylation sites (tertiary alicyclic amines) is 1. The van der Waals surface area contributed by atoms with Crippen LogP contribution < -0.4 is 10.1 Å². The Kier molecular flexibility index (Phi) is 6.18. The Balaban J connectivity index is 1.54. The highest BCUT2D eigenvalue weighted by atomic mass is 16.5. The van der Waals surface area contributed by atoms with E-state index in [2.05, 4.69) is 17.1 Å². The summed E-state index contributed by atoms with van der Waals surface area (Å²) in [4.78, 5) is 2.57. The molecule has 1 N–H and O–H groups in total. The fraction of sp³-hybridized carbons (Fsp3) is 0.625. The van der Waals surface area contributed by atoms with E-state index in [9.17, 15) is 0 Å². The lowest BCUT2D eigenvalue weighted by atomic mass is 10.1. The molecule has 1 aliphatic heterocycles. The number of para-hydroxylation sites is 1. The van der Waals surface area contributed by atoms with Gasteiger partial charge >= 0.3 is 0 Å². The number of ether oxygens (including phenoxy) is 1. The van der Waals surface area contributed by atoms with Crippen LogP contribution in [0.4, 0.5) is 0 Å². The largest absolute Gasteiger partial charge is 0.494 e. The summed E-state index contributed by atoms with van der Waals surface area (Å²) in [7, 11) is 0. The molecule has 106 valence electrons. The minimum atomic E-state index is 0.818. The van der Waals surface area contributed by atoms with Crippen LogP contribution in [0.1, 0.15) is 19.8 Å². The molecule has 1 aliphatic rings. The van der Waals surface area contributed by atoms with Crippen LogP contribution in [-0.4, -0.2) is 44.2 Å². The van der Waals surface area contributed by atoms with Gasteiger partial charge < -0.3 is 15.0 Å². The van der Waals surface area contributed by atoms with E-state index in [1.54, 1.807) is 0 Å². The molecular formula is C16H26N2O. The number of rotatable bonds is 8. The van der Waals surface area contributed by atoms with Gasteiger partial charge in [-0.1, -0.05) is 25.1 Å². The normalized spacial score (nSPS) is 19.7. The van der Waals surface area contributed by atoms with Gasteiger partial charge in [0.05, 0.1) is 6.61 Å². The van der Waals surface area contributed by atoms with Crippen molar-refractivity contribution in [2.24, 2.45) is 5.92 Å². The molecule has 0 aliphatic carbocycles. The maximum Gasteiger partial charge on any atom is 0.119 e. The fourth-order valence-corrected chi connectivity index (χ4v) is 2.63. The highest BCUT2D eigenvalue weighted by Crippen LogP contribution is 2.15. The minimum absolute atomic E-state index is 0.818. The van der Waals surface area contributed by atoms with Gasteiger partial charge in [-0.15, -0.1) is 0 Å². The Morgan fingerprint density at radius 2 is 2.16 bits per heavy atom. The molecule has 1 heterocycles. The van der Waals surface area contributed by atoms with Gasteiger partial charge in [0.15, 0.2) is 0 Å². The van der Waals surface area contributed by atoms with Crippen molar-refractivity contribution in [3.63, 3.8) is 0 Å². The summed E-state index contributed by atoms with van der Waals surface area (Å²) in [6, 6.07) is 10.1. The molecule has 0 saturated carbocycles. The van der Waals surface area contributed by atoms with Crippen LogP contribution in [0.5, 0.6) is 5.75 Å². The van der Waals surface area contributed by atoms with Gasteiger partial charge in [-0.2, -0.15) is 0 Å². The molecule has 0 radical (unpaired) electrons. The Morgan fingerprint density at radius 3 is 2.95 bits per heavy atom. The van der Waals surface area contributed by atoms with Crippen LogP contribution in [-0.2, 0) is 0 Å². The van der Waals surface area contributed by atoms with Crippen molar-refractivity contribution in [3.05, 3.63) is 30.3 Å². The summed E-state index contributed by atoms with van der Waals surface area (Å²) < 4.78 is 5.72. The highest BCUT2D eigenvalue weighted by molar-refractivity contribution is 5.20. The molecule has 1 saturated heterocycles. The number of nitrogens with one attached hydrogen (secondary N) is 1. The van der Waals surface area contributed by atoms with Gasteiger partial charge in [-0.25, -0.2) is 0 Å². The molecule has 0 bridgehead atoms. The topological polar surface area (TPSA) is 24.5 Å². The average molecular weight is 262 g/mol. The zero-order valence-corrected chi connectivity index (χ0v) is 12.0. The summed E-state index contributed by atoms with van der Waals surface area (Å²) in [6.45, 7) is 8.91. The summed E-state index contributed by atoms with van der Waals surface area (Å²) >= 11 is 0. The Hall–Kier alpha value is -1.06. The van der Waals surface area contributed by atoms with Crippen molar-refractivity contribution in [2.75, 3.05) is 39.3 Å². The third-order valence-electron chi connectivity index (χ3n) is 3.68. The summed E-state index contributed by atoms with van der Waals surface area (Å²) in [5.41, 5.74) is 0. The number of hydrogen-bond donors (Lipinski definition) is 1. The van der Waals surface area contributed by atoms with E-state index in [-0.39, 0.29) is 0 Å². The lowest BCUT2D eigenvalue weighted by molar-refractivity contribution is 0.258. The van der Waals surface area contributed by atoms with Crippen molar-refractivity contribution in [3.8, 4) is 5.75 Å². The highest BCUT2D eigenvalue weighted by Gasteiger charge is 2.21.